The molecule has 10 heteroatoms. The molecular weight excluding hydrogens is 402 g/mol. The van der Waals surface area contributed by atoms with Crippen molar-refractivity contribution in [2.24, 2.45) is 0 Å². The molecule has 1 aromatic heterocycles. The lowest BCUT2D eigenvalue weighted by atomic mass is 9.99. The number of amides is 4. The predicted octanol–water partition coefficient (Wildman–Crippen LogP) is 0.0524. The van der Waals surface area contributed by atoms with Crippen LogP contribution in [0, 0.1) is 0 Å². The summed E-state index contributed by atoms with van der Waals surface area (Å²) in [7, 11) is 0. The average Bonchev–Trinajstić information content (AvgIpc) is 3.24. The Morgan fingerprint density at radius 1 is 1.10 bits per heavy atom. The molecule has 5 rings (SSSR count). The molecule has 3 aliphatic heterocycles. The number of fused-ring (bicyclic) bond motifs is 1. The molecule has 0 radical (unpaired) electrons. The number of hydrogen-bond donors (Lipinski definition) is 3. The molecule has 3 aliphatic rings. The molecule has 1 unspecified atom stereocenters. The van der Waals surface area contributed by atoms with Crippen molar-refractivity contribution >= 4 is 23.6 Å². The van der Waals surface area contributed by atoms with Crippen molar-refractivity contribution in [1.82, 2.24) is 25.8 Å². The number of rotatable bonds is 6. The minimum atomic E-state index is -0.960. The van der Waals surface area contributed by atoms with Crippen molar-refractivity contribution in [2.45, 2.75) is 37.9 Å². The third-order valence-electron chi connectivity index (χ3n) is 5.95. The van der Waals surface area contributed by atoms with E-state index < -0.39 is 29.7 Å². The Morgan fingerprint density at radius 3 is 2.65 bits per heavy atom. The van der Waals surface area contributed by atoms with E-state index in [9.17, 15) is 19.2 Å². The zero-order chi connectivity index (χ0) is 21.5. The van der Waals surface area contributed by atoms with Crippen LogP contribution in [0.25, 0.3) is 0 Å². The standard InChI is InChI=1S/C21H21N5O5/c27-17-4-3-16(19(28)25-17)26-20(29)13-2-1-11(5-14(13)21(26)30)6-22-9-15-18(31-10-24-15)12-7-23-8-12/h1-2,5,10,12,16,22-23H,3-4,6-9H2,(H,25,27,28). The van der Waals surface area contributed by atoms with Gasteiger partial charge >= 0.3 is 0 Å². The summed E-state index contributed by atoms with van der Waals surface area (Å²) in [5.74, 6) is -0.780. The summed E-state index contributed by atoms with van der Waals surface area (Å²) in [4.78, 5) is 54.4. The first-order chi connectivity index (χ1) is 15.0. The van der Waals surface area contributed by atoms with Crippen LogP contribution in [0.4, 0.5) is 0 Å². The first kappa shape index (κ1) is 19.6. The number of imide groups is 2. The number of piperidine rings is 1. The van der Waals surface area contributed by atoms with E-state index in [0.717, 1.165) is 35.0 Å². The van der Waals surface area contributed by atoms with E-state index in [2.05, 4.69) is 20.9 Å². The molecule has 4 amide bonds. The smallest absolute Gasteiger partial charge is 0.262 e. The van der Waals surface area contributed by atoms with Gasteiger partial charge in [-0.1, -0.05) is 6.07 Å². The van der Waals surface area contributed by atoms with Gasteiger partial charge in [0.15, 0.2) is 6.39 Å². The summed E-state index contributed by atoms with van der Waals surface area (Å²) in [6.07, 6.45) is 1.69. The molecule has 1 atom stereocenters. The number of nitrogens with one attached hydrogen (secondary N) is 3. The summed E-state index contributed by atoms with van der Waals surface area (Å²) in [6.45, 7) is 2.76. The number of carbonyl (C=O) groups excluding carboxylic acids is 4. The number of oxazole rings is 1. The van der Waals surface area contributed by atoms with E-state index in [1.165, 1.54) is 6.39 Å². The molecule has 2 aromatic rings. The van der Waals surface area contributed by atoms with Crippen LogP contribution in [0.2, 0.25) is 0 Å². The minimum Gasteiger partial charge on any atom is -0.448 e. The summed E-state index contributed by atoms with van der Waals surface area (Å²) in [5.41, 5.74) is 2.25. The fourth-order valence-corrected chi connectivity index (χ4v) is 4.17. The van der Waals surface area contributed by atoms with Crippen LogP contribution in [0.15, 0.2) is 29.0 Å². The SMILES string of the molecule is O=C1CCC(N2C(=O)c3ccc(CNCc4ncoc4C4CNC4)cc3C2=O)C(=O)N1. The second kappa shape index (κ2) is 7.71. The monoisotopic (exact) mass is 423 g/mol. The van der Waals surface area contributed by atoms with Crippen molar-refractivity contribution in [3.8, 4) is 0 Å². The van der Waals surface area contributed by atoms with Gasteiger partial charge in [-0.3, -0.25) is 29.4 Å². The fraction of sp³-hybridized carbons (Fsp3) is 0.381. The van der Waals surface area contributed by atoms with E-state index in [1.54, 1.807) is 18.2 Å². The van der Waals surface area contributed by atoms with Crippen LogP contribution in [0.1, 0.15) is 56.5 Å². The molecule has 31 heavy (non-hydrogen) atoms. The third-order valence-corrected chi connectivity index (χ3v) is 5.95. The largest absolute Gasteiger partial charge is 0.448 e. The predicted molar refractivity (Wildman–Crippen MR) is 106 cm³/mol. The van der Waals surface area contributed by atoms with Crippen molar-refractivity contribution in [1.29, 1.82) is 0 Å². The lowest BCUT2D eigenvalue weighted by molar-refractivity contribution is -0.136. The maximum absolute atomic E-state index is 12.9. The molecule has 2 fully saturated rings. The van der Waals surface area contributed by atoms with Crippen LogP contribution in [0.5, 0.6) is 0 Å². The van der Waals surface area contributed by atoms with Crippen molar-refractivity contribution < 1.29 is 23.6 Å². The summed E-state index contributed by atoms with van der Waals surface area (Å²) >= 11 is 0. The lowest BCUT2D eigenvalue weighted by Gasteiger charge is -2.27. The van der Waals surface area contributed by atoms with Crippen molar-refractivity contribution in [3.63, 3.8) is 0 Å². The zero-order valence-electron chi connectivity index (χ0n) is 16.6. The summed E-state index contributed by atoms with van der Waals surface area (Å²) < 4.78 is 5.51. The molecule has 0 saturated carbocycles. The molecule has 3 N–H and O–H groups in total. The van der Waals surface area contributed by atoms with Gasteiger partial charge in [0, 0.05) is 38.5 Å². The van der Waals surface area contributed by atoms with Crippen molar-refractivity contribution in [3.05, 3.63) is 52.7 Å². The topological polar surface area (TPSA) is 134 Å². The minimum absolute atomic E-state index is 0.0972. The molecule has 10 nitrogen and oxygen atoms in total. The Kier molecular flexibility index (Phi) is 4.87. The Morgan fingerprint density at radius 2 is 1.90 bits per heavy atom. The molecule has 2 saturated heterocycles. The van der Waals surface area contributed by atoms with Crippen molar-refractivity contribution in [2.75, 3.05) is 13.1 Å². The molecule has 0 bridgehead atoms. The maximum Gasteiger partial charge on any atom is 0.262 e. The van der Waals surface area contributed by atoms with Gasteiger partial charge in [-0.05, 0) is 24.1 Å². The number of benzene rings is 1. The number of aromatic nitrogens is 1. The maximum atomic E-state index is 12.9. The molecule has 0 aliphatic carbocycles. The highest BCUT2D eigenvalue weighted by Gasteiger charge is 2.44. The highest BCUT2D eigenvalue weighted by molar-refractivity contribution is 6.23. The highest BCUT2D eigenvalue weighted by atomic mass is 16.3. The Labute approximate surface area is 177 Å². The van der Waals surface area contributed by atoms with Gasteiger partial charge in [0.1, 0.15) is 11.8 Å². The second-order valence-electron chi connectivity index (χ2n) is 7.95. The van der Waals surface area contributed by atoms with Gasteiger partial charge in [-0.25, -0.2) is 4.98 Å². The van der Waals surface area contributed by atoms with E-state index in [-0.39, 0.29) is 24.0 Å². The van der Waals surface area contributed by atoms with Crippen LogP contribution in [0.3, 0.4) is 0 Å². The summed E-state index contributed by atoms with van der Waals surface area (Å²) in [6, 6.07) is 4.11. The van der Waals surface area contributed by atoms with Gasteiger partial charge in [0.25, 0.3) is 11.8 Å². The third kappa shape index (κ3) is 3.43. The number of hydrogen-bond acceptors (Lipinski definition) is 8. The first-order valence-corrected chi connectivity index (χ1v) is 10.2. The number of carbonyl (C=O) groups is 4. The highest BCUT2D eigenvalue weighted by Crippen LogP contribution is 2.28. The normalized spacial score (nSPS) is 21.3. The van der Waals surface area contributed by atoms with E-state index >= 15 is 0 Å². The van der Waals surface area contributed by atoms with Gasteiger partial charge in [0.2, 0.25) is 11.8 Å². The molecule has 4 heterocycles. The molecule has 0 spiro atoms. The quantitative estimate of drug-likeness (QED) is 0.555. The lowest BCUT2D eigenvalue weighted by Crippen LogP contribution is -2.54. The van der Waals surface area contributed by atoms with Gasteiger partial charge in [-0.15, -0.1) is 0 Å². The Balaban J connectivity index is 1.26. The van der Waals surface area contributed by atoms with Gasteiger partial charge < -0.3 is 15.1 Å². The first-order valence-electron chi connectivity index (χ1n) is 10.2. The van der Waals surface area contributed by atoms with E-state index in [4.69, 9.17) is 4.42 Å². The Hall–Kier alpha value is -3.37. The van der Waals surface area contributed by atoms with E-state index in [1.807, 2.05) is 0 Å². The number of nitrogens with zero attached hydrogens (tertiary/aromatic N) is 2. The van der Waals surface area contributed by atoms with Crippen LogP contribution in [-0.2, 0) is 22.7 Å². The van der Waals surface area contributed by atoms with Gasteiger partial charge in [0.05, 0.1) is 16.8 Å². The average molecular weight is 423 g/mol. The molecular formula is C21H21N5O5. The molecule has 1 aromatic carbocycles. The van der Waals surface area contributed by atoms with Crippen LogP contribution in [-0.4, -0.2) is 52.6 Å². The zero-order valence-corrected chi connectivity index (χ0v) is 16.6. The van der Waals surface area contributed by atoms with Crippen LogP contribution >= 0.6 is 0 Å². The van der Waals surface area contributed by atoms with Gasteiger partial charge in [-0.2, -0.15) is 0 Å². The summed E-state index contributed by atoms with van der Waals surface area (Å²) in [5, 5.41) is 8.70. The Bertz CT molecular complexity index is 1090. The molecule has 160 valence electrons. The second-order valence-corrected chi connectivity index (χ2v) is 7.95. The van der Waals surface area contributed by atoms with Crippen LogP contribution < -0.4 is 16.0 Å². The van der Waals surface area contributed by atoms with E-state index in [0.29, 0.717) is 19.0 Å². The fourth-order valence-electron chi connectivity index (χ4n) is 4.17.